The molecule has 0 fully saturated rings. The zero-order valence-corrected chi connectivity index (χ0v) is 11.7. The highest BCUT2D eigenvalue weighted by atomic mass is 32.2. The first-order valence-corrected chi connectivity index (χ1v) is 7.49. The normalized spacial score (nSPS) is 11.3. The molecule has 0 aliphatic rings. The van der Waals surface area contributed by atoms with Crippen molar-refractivity contribution in [1.82, 2.24) is 0 Å². The molecule has 0 unspecified atom stereocenters. The SMILES string of the molecule is COc1ccccc1CS(=O)(=O)c1cc(F)ccc1N. The predicted octanol–water partition coefficient (Wildman–Crippen LogP) is 2.39. The van der Waals surface area contributed by atoms with E-state index >= 15 is 0 Å². The lowest BCUT2D eigenvalue weighted by Crippen LogP contribution is -2.09. The van der Waals surface area contributed by atoms with Gasteiger partial charge in [0.1, 0.15) is 11.6 Å². The minimum atomic E-state index is -3.74. The van der Waals surface area contributed by atoms with E-state index in [-0.39, 0.29) is 16.3 Å². The van der Waals surface area contributed by atoms with Crippen molar-refractivity contribution in [1.29, 1.82) is 0 Å². The average molecular weight is 295 g/mol. The molecule has 0 aliphatic carbocycles. The van der Waals surface area contributed by atoms with Crippen LogP contribution in [0.25, 0.3) is 0 Å². The van der Waals surface area contributed by atoms with Crippen LogP contribution in [0.3, 0.4) is 0 Å². The summed E-state index contributed by atoms with van der Waals surface area (Å²) in [6.45, 7) is 0. The molecule has 2 N–H and O–H groups in total. The molecule has 6 heteroatoms. The van der Waals surface area contributed by atoms with Crippen LogP contribution in [0, 0.1) is 5.82 Å². The van der Waals surface area contributed by atoms with Crippen LogP contribution in [0.5, 0.6) is 5.75 Å². The number of ether oxygens (including phenoxy) is 1. The molecule has 0 aliphatic heterocycles. The van der Waals surface area contributed by atoms with Gasteiger partial charge in [0.15, 0.2) is 9.84 Å². The topological polar surface area (TPSA) is 69.4 Å². The summed E-state index contributed by atoms with van der Waals surface area (Å²) in [6, 6.07) is 10.1. The second kappa shape index (κ2) is 5.50. The fraction of sp³-hybridized carbons (Fsp3) is 0.143. The van der Waals surface area contributed by atoms with Crippen LogP contribution in [0.15, 0.2) is 47.4 Å². The van der Waals surface area contributed by atoms with Crippen LogP contribution in [-0.2, 0) is 15.6 Å². The van der Waals surface area contributed by atoms with Crippen molar-refractivity contribution in [2.75, 3.05) is 12.8 Å². The van der Waals surface area contributed by atoms with E-state index in [1.54, 1.807) is 24.3 Å². The van der Waals surface area contributed by atoms with Crippen molar-refractivity contribution in [3.63, 3.8) is 0 Å². The number of sulfone groups is 1. The van der Waals surface area contributed by atoms with E-state index in [1.807, 2.05) is 0 Å². The molecule has 0 heterocycles. The lowest BCUT2D eigenvalue weighted by atomic mass is 10.2. The third-order valence-corrected chi connectivity index (χ3v) is 4.56. The van der Waals surface area contributed by atoms with Crippen molar-refractivity contribution < 1.29 is 17.5 Å². The van der Waals surface area contributed by atoms with Gasteiger partial charge in [-0.1, -0.05) is 18.2 Å². The van der Waals surface area contributed by atoms with Gasteiger partial charge in [-0.15, -0.1) is 0 Å². The molecule has 0 saturated carbocycles. The van der Waals surface area contributed by atoms with E-state index in [0.717, 1.165) is 12.1 Å². The standard InChI is InChI=1S/C14H14FNO3S/c1-19-13-5-3-2-4-10(13)9-20(17,18)14-8-11(15)6-7-12(14)16/h2-8H,9,16H2,1H3. The summed E-state index contributed by atoms with van der Waals surface area (Å²) in [6.07, 6.45) is 0. The maximum atomic E-state index is 13.2. The molecule has 0 amide bonds. The second-order valence-electron chi connectivity index (χ2n) is 4.25. The van der Waals surface area contributed by atoms with Crippen LogP contribution in [-0.4, -0.2) is 15.5 Å². The Bertz CT molecular complexity index is 729. The monoisotopic (exact) mass is 295 g/mol. The molecule has 0 saturated heterocycles. The Hall–Kier alpha value is -2.08. The molecular weight excluding hydrogens is 281 g/mol. The Morgan fingerprint density at radius 3 is 2.60 bits per heavy atom. The number of methoxy groups -OCH3 is 1. The summed E-state index contributed by atoms with van der Waals surface area (Å²) in [7, 11) is -2.28. The van der Waals surface area contributed by atoms with Gasteiger partial charge < -0.3 is 10.5 Å². The highest BCUT2D eigenvalue weighted by Crippen LogP contribution is 2.27. The predicted molar refractivity (Wildman–Crippen MR) is 74.7 cm³/mol. The fourth-order valence-corrected chi connectivity index (χ4v) is 3.40. The summed E-state index contributed by atoms with van der Waals surface area (Å²) < 4.78 is 43.0. The Morgan fingerprint density at radius 1 is 1.20 bits per heavy atom. The summed E-state index contributed by atoms with van der Waals surface area (Å²) in [4.78, 5) is -0.205. The van der Waals surface area contributed by atoms with Crippen molar-refractivity contribution >= 4 is 15.5 Å². The zero-order chi connectivity index (χ0) is 14.8. The number of halogens is 1. The first-order valence-electron chi connectivity index (χ1n) is 5.84. The molecule has 2 rings (SSSR count). The van der Waals surface area contributed by atoms with Gasteiger partial charge in [0, 0.05) is 5.56 Å². The third kappa shape index (κ3) is 2.91. The number of rotatable bonds is 4. The summed E-state index contributed by atoms with van der Waals surface area (Å²) in [5, 5.41) is 0. The first kappa shape index (κ1) is 14.3. The minimum absolute atomic E-state index is 0.0290. The lowest BCUT2D eigenvalue weighted by Gasteiger charge is -2.10. The number of anilines is 1. The van der Waals surface area contributed by atoms with Gasteiger partial charge in [-0.25, -0.2) is 12.8 Å². The number of hydrogen-bond donors (Lipinski definition) is 1. The maximum absolute atomic E-state index is 13.2. The van der Waals surface area contributed by atoms with Gasteiger partial charge in [-0.05, 0) is 24.3 Å². The molecule has 0 spiro atoms. The van der Waals surface area contributed by atoms with Gasteiger partial charge in [0.2, 0.25) is 0 Å². The van der Waals surface area contributed by atoms with E-state index in [1.165, 1.54) is 13.2 Å². The molecule has 20 heavy (non-hydrogen) atoms. The average Bonchev–Trinajstić information content (AvgIpc) is 2.41. The molecule has 0 aromatic heterocycles. The molecule has 2 aromatic carbocycles. The fourth-order valence-electron chi connectivity index (χ4n) is 1.88. The minimum Gasteiger partial charge on any atom is -0.496 e. The summed E-state index contributed by atoms with van der Waals surface area (Å²) >= 11 is 0. The van der Waals surface area contributed by atoms with Crippen molar-refractivity contribution in [2.45, 2.75) is 10.6 Å². The smallest absolute Gasteiger partial charge is 0.184 e. The number of benzene rings is 2. The first-order chi connectivity index (χ1) is 9.44. The second-order valence-corrected chi connectivity index (χ2v) is 6.21. The van der Waals surface area contributed by atoms with E-state index in [0.29, 0.717) is 11.3 Å². The summed E-state index contributed by atoms with van der Waals surface area (Å²) in [5.74, 6) is -0.478. The number of nitrogens with two attached hydrogens (primary N) is 1. The van der Waals surface area contributed by atoms with Gasteiger partial charge in [0.25, 0.3) is 0 Å². The van der Waals surface area contributed by atoms with Crippen molar-refractivity contribution in [3.8, 4) is 5.75 Å². The van der Waals surface area contributed by atoms with Crippen molar-refractivity contribution in [2.24, 2.45) is 0 Å². The van der Waals surface area contributed by atoms with E-state index in [9.17, 15) is 12.8 Å². The quantitative estimate of drug-likeness (QED) is 0.879. The Labute approximate surface area is 116 Å². The van der Waals surface area contributed by atoms with E-state index in [4.69, 9.17) is 10.5 Å². The van der Waals surface area contributed by atoms with E-state index < -0.39 is 15.7 Å². The number of nitrogen functional groups attached to an aromatic ring is 1. The van der Waals surface area contributed by atoms with Crippen LogP contribution in [0.4, 0.5) is 10.1 Å². The van der Waals surface area contributed by atoms with Gasteiger partial charge in [-0.2, -0.15) is 0 Å². The molecule has 106 valence electrons. The van der Waals surface area contributed by atoms with Crippen LogP contribution < -0.4 is 10.5 Å². The maximum Gasteiger partial charge on any atom is 0.184 e. The zero-order valence-electron chi connectivity index (χ0n) is 10.8. The largest absolute Gasteiger partial charge is 0.496 e. The third-order valence-electron chi connectivity index (χ3n) is 2.85. The number of hydrogen-bond acceptors (Lipinski definition) is 4. The molecule has 2 aromatic rings. The van der Waals surface area contributed by atoms with Crippen LogP contribution >= 0.6 is 0 Å². The van der Waals surface area contributed by atoms with Crippen LogP contribution in [0.2, 0.25) is 0 Å². The number of para-hydroxylation sites is 1. The summed E-state index contributed by atoms with van der Waals surface area (Å²) in [5.41, 5.74) is 6.15. The molecule has 0 bridgehead atoms. The molecule has 0 radical (unpaired) electrons. The highest BCUT2D eigenvalue weighted by molar-refractivity contribution is 7.90. The molecular formula is C14H14FNO3S. The van der Waals surface area contributed by atoms with Crippen LogP contribution in [0.1, 0.15) is 5.56 Å². The van der Waals surface area contributed by atoms with Gasteiger partial charge in [0.05, 0.1) is 23.4 Å². The van der Waals surface area contributed by atoms with E-state index in [2.05, 4.69) is 0 Å². The molecule has 4 nitrogen and oxygen atoms in total. The Kier molecular flexibility index (Phi) is 3.94. The molecule has 0 atom stereocenters. The van der Waals surface area contributed by atoms with Gasteiger partial charge in [-0.3, -0.25) is 0 Å². The van der Waals surface area contributed by atoms with Gasteiger partial charge >= 0.3 is 0 Å². The Balaban J connectivity index is 2.43. The highest BCUT2D eigenvalue weighted by Gasteiger charge is 2.21. The Morgan fingerprint density at radius 2 is 1.90 bits per heavy atom. The van der Waals surface area contributed by atoms with Crippen molar-refractivity contribution in [3.05, 3.63) is 53.8 Å². The lowest BCUT2D eigenvalue weighted by molar-refractivity contribution is 0.411.